The number of amides is 2. The molecule has 0 saturated carbocycles. The highest BCUT2D eigenvalue weighted by atomic mass is 16.4. The van der Waals surface area contributed by atoms with Crippen molar-refractivity contribution in [3.05, 3.63) is 54.1 Å². The third kappa shape index (κ3) is 6.23. The molecule has 1 heterocycles. The summed E-state index contributed by atoms with van der Waals surface area (Å²) in [5, 5.41) is 9.76. The average molecular weight is 415 g/mol. The number of carbonyl (C=O) groups excluding carboxylic acids is 2. The summed E-state index contributed by atoms with van der Waals surface area (Å²) in [4.78, 5) is 45.7. The number of carboxylic acids is 1. The van der Waals surface area contributed by atoms with E-state index in [1.807, 2.05) is 44.2 Å². The second-order valence-electron chi connectivity index (χ2n) is 7.71. The van der Waals surface area contributed by atoms with Gasteiger partial charge in [-0.2, -0.15) is 0 Å². The quantitative estimate of drug-likeness (QED) is 0.445. The van der Waals surface area contributed by atoms with Crippen molar-refractivity contribution in [1.82, 2.24) is 14.9 Å². The number of aliphatic carboxylic acids is 1. The van der Waals surface area contributed by atoms with Crippen LogP contribution < -0.4 is 11.5 Å². The minimum absolute atomic E-state index is 0.0663. The lowest BCUT2D eigenvalue weighted by atomic mass is 9.98. The molecule has 1 aromatic heterocycles. The van der Waals surface area contributed by atoms with E-state index in [2.05, 4.69) is 9.97 Å². The number of nitrogens with two attached hydrogens (primary N) is 2. The van der Waals surface area contributed by atoms with Crippen LogP contribution in [0.2, 0.25) is 0 Å². The van der Waals surface area contributed by atoms with Crippen LogP contribution in [0.25, 0.3) is 0 Å². The van der Waals surface area contributed by atoms with E-state index in [4.69, 9.17) is 11.5 Å². The van der Waals surface area contributed by atoms with E-state index in [1.165, 1.54) is 12.5 Å². The zero-order valence-corrected chi connectivity index (χ0v) is 17.2. The molecule has 0 fully saturated rings. The maximum atomic E-state index is 13.2. The molecule has 0 aliphatic rings. The third-order valence-corrected chi connectivity index (χ3v) is 4.69. The van der Waals surface area contributed by atoms with E-state index in [0.717, 1.165) is 10.5 Å². The highest BCUT2D eigenvalue weighted by Gasteiger charge is 2.39. The SMILES string of the molecule is CC(C)C[C@@H](C(=O)O)N(C(=O)[C@@H](N)Cc1ccccc1)C(=O)[C@@H](N)Cc1cnc[nH]1. The second-order valence-corrected chi connectivity index (χ2v) is 7.71. The van der Waals surface area contributed by atoms with Crippen LogP contribution in [0.4, 0.5) is 0 Å². The van der Waals surface area contributed by atoms with Crippen LogP contribution in [0, 0.1) is 5.92 Å². The lowest BCUT2D eigenvalue weighted by Gasteiger charge is -2.32. The summed E-state index contributed by atoms with van der Waals surface area (Å²) in [5.41, 5.74) is 13.6. The average Bonchev–Trinajstić information content (AvgIpc) is 3.20. The Morgan fingerprint density at radius 2 is 1.67 bits per heavy atom. The number of imidazole rings is 1. The van der Waals surface area contributed by atoms with Gasteiger partial charge in [-0.25, -0.2) is 9.78 Å². The van der Waals surface area contributed by atoms with Gasteiger partial charge in [0, 0.05) is 18.3 Å². The Morgan fingerprint density at radius 3 is 2.17 bits per heavy atom. The highest BCUT2D eigenvalue weighted by Crippen LogP contribution is 2.17. The van der Waals surface area contributed by atoms with Gasteiger partial charge in [0.05, 0.1) is 18.4 Å². The Hall–Kier alpha value is -3.04. The number of rotatable bonds is 10. The Morgan fingerprint density at radius 1 is 1.07 bits per heavy atom. The third-order valence-electron chi connectivity index (χ3n) is 4.69. The summed E-state index contributed by atoms with van der Waals surface area (Å²) in [6, 6.07) is 5.54. The van der Waals surface area contributed by atoms with Crippen LogP contribution in [-0.2, 0) is 27.2 Å². The first-order chi connectivity index (χ1) is 14.2. The van der Waals surface area contributed by atoms with Crippen LogP contribution in [0.15, 0.2) is 42.9 Å². The normalized spacial score (nSPS) is 14.2. The van der Waals surface area contributed by atoms with Crippen LogP contribution in [0.3, 0.4) is 0 Å². The smallest absolute Gasteiger partial charge is 0.326 e. The number of benzene rings is 1. The van der Waals surface area contributed by atoms with Gasteiger partial charge in [0.15, 0.2) is 0 Å². The molecule has 0 aliphatic heterocycles. The van der Waals surface area contributed by atoms with Crippen molar-refractivity contribution in [2.45, 2.75) is 51.2 Å². The van der Waals surface area contributed by atoms with E-state index < -0.39 is 35.9 Å². The molecule has 2 aromatic rings. The Labute approximate surface area is 175 Å². The monoisotopic (exact) mass is 415 g/mol. The van der Waals surface area contributed by atoms with Crippen molar-refractivity contribution >= 4 is 17.8 Å². The number of carbonyl (C=O) groups is 3. The topological polar surface area (TPSA) is 155 Å². The molecule has 162 valence electrons. The van der Waals surface area contributed by atoms with Gasteiger partial charge in [-0.3, -0.25) is 14.5 Å². The predicted molar refractivity (Wildman–Crippen MR) is 111 cm³/mol. The molecule has 2 rings (SSSR count). The summed E-state index contributed by atoms with van der Waals surface area (Å²) in [7, 11) is 0. The summed E-state index contributed by atoms with van der Waals surface area (Å²) in [6.45, 7) is 3.63. The molecule has 0 saturated heterocycles. The maximum absolute atomic E-state index is 13.2. The van der Waals surface area contributed by atoms with E-state index in [0.29, 0.717) is 5.69 Å². The molecule has 30 heavy (non-hydrogen) atoms. The van der Waals surface area contributed by atoms with Crippen molar-refractivity contribution in [2.24, 2.45) is 17.4 Å². The van der Waals surface area contributed by atoms with Crippen molar-refractivity contribution in [1.29, 1.82) is 0 Å². The Balaban J connectivity index is 2.29. The van der Waals surface area contributed by atoms with Crippen LogP contribution >= 0.6 is 0 Å². The molecule has 9 heteroatoms. The van der Waals surface area contributed by atoms with E-state index in [-0.39, 0.29) is 25.2 Å². The van der Waals surface area contributed by atoms with Gasteiger partial charge in [-0.15, -0.1) is 0 Å². The first-order valence-corrected chi connectivity index (χ1v) is 9.82. The largest absolute Gasteiger partial charge is 0.480 e. The zero-order valence-electron chi connectivity index (χ0n) is 17.2. The molecule has 0 radical (unpaired) electrons. The van der Waals surface area contributed by atoms with E-state index in [1.54, 1.807) is 0 Å². The molecular formula is C21H29N5O4. The lowest BCUT2D eigenvalue weighted by Crippen LogP contribution is -2.59. The van der Waals surface area contributed by atoms with Crippen LogP contribution in [0.5, 0.6) is 0 Å². The summed E-state index contributed by atoms with van der Waals surface area (Å²) in [6.07, 6.45) is 3.33. The second kappa shape index (κ2) is 10.7. The van der Waals surface area contributed by atoms with E-state index in [9.17, 15) is 19.5 Å². The number of aromatic amines is 1. The number of hydrogen-bond acceptors (Lipinski definition) is 6. The van der Waals surface area contributed by atoms with Gasteiger partial charge in [0.25, 0.3) is 0 Å². The molecule has 6 N–H and O–H groups in total. The number of nitrogens with one attached hydrogen (secondary N) is 1. The predicted octanol–water partition coefficient (Wildman–Crippen LogP) is 0.704. The van der Waals surface area contributed by atoms with E-state index >= 15 is 0 Å². The minimum atomic E-state index is -1.35. The standard InChI is InChI=1S/C21H29N5O4/c1-13(2)8-18(21(29)30)26(20(28)17(23)10-15-11-24-12-25-15)19(27)16(22)9-14-6-4-3-5-7-14/h3-7,11-13,16-18H,8-10,22-23H2,1-2H3,(H,24,25)(H,29,30)/t16-,17-,18-/m0/s1. The first kappa shape index (κ1) is 23.2. The molecule has 9 nitrogen and oxygen atoms in total. The van der Waals surface area contributed by atoms with Gasteiger partial charge in [0.1, 0.15) is 6.04 Å². The minimum Gasteiger partial charge on any atom is -0.480 e. The molecule has 2 amide bonds. The van der Waals surface area contributed by atoms with Gasteiger partial charge in [0.2, 0.25) is 11.8 Å². The number of imide groups is 1. The summed E-state index contributed by atoms with van der Waals surface area (Å²) in [5.74, 6) is -2.86. The number of nitrogens with zero attached hydrogens (tertiary/aromatic N) is 2. The van der Waals surface area contributed by atoms with Crippen molar-refractivity contribution in [3.8, 4) is 0 Å². The highest BCUT2D eigenvalue weighted by molar-refractivity contribution is 6.03. The van der Waals surface area contributed by atoms with Crippen molar-refractivity contribution < 1.29 is 19.5 Å². The molecular weight excluding hydrogens is 386 g/mol. The summed E-state index contributed by atoms with van der Waals surface area (Å²) < 4.78 is 0. The van der Waals surface area contributed by atoms with Crippen molar-refractivity contribution in [3.63, 3.8) is 0 Å². The molecule has 0 spiro atoms. The van der Waals surface area contributed by atoms with Crippen molar-refractivity contribution in [2.75, 3.05) is 0 Å². The molecule has 1 aromatic carbocycles. The first-order valence-electron chi connectivity index (χ1n) is 9.82. The fourth-order valence-corrected chi connectivity index (χ4v) is 3.21. The molecule has 0 bridgehead atoms. The van der Waals surface area contributed by atoms with Gasteiger partial charge >= 0.3 is 5.97 Å². The van der Waals surface area contributed by atoms with Gasteiger partial charge in [-0.05, 0) is 24.3 Å². The Bertz CT molecular complexity index is 838. The van der Waals surface area contributed by atoms with Gasteiger partial charge < -0.3 is 21.6 Å². The number of carboxylic acid groups (broad SMARTS) is 1. The Kier molecular flexibility index (Phi) is 8.25. The zero-order chi connectivity index (χ0) is 22.3. The number of H-pyrrole nitrogens is 1. The molecule has 3 atom stereocenters. The van der Waals surface area contributed by atoms with Gasteiger partial charge in [-0.1, -0.05) is 44.2 Å². The fourth-order valence-electron chi connectivity index (χ4n) is 3.21. The fraction of sp³-hybridized carbons (Fsp3) is 0.429. The number of hydrogen-bond donors (Lipinski definition) is 4. The summed E-state index contributed by atoms with van der Waals surface area (Å²) >= 11 is 0. The number of aromatic nitrogens is 2. The maximum Gasteiger partial charge on any atom is 0.326 e. The van der Waals surface area contributed by atoms with Crippen LogP contribution in [0.1, 0.15) is 31.5 Å². The molecule has 0 unspecified atom stereocenters. The lowest BCUT2D eigenvalue weighted by molar-refractivity contribution is -0.160. The molecule has 0 aliphatic carbocycles. The van der Waals surface area contributed by atoms with Crippen LogP contribution in [-0.4, -0.2) is 55.9 Å².